The van der Waals surface area contributed by atoms with Gasteiger partial charge in [-0.25, -0.2) is 9.98 Å². The number of rotatable bonds is 10. The summed E-state index contributed by atoms with van der Waals surface area (Å²) in [6, 6.07) is 8.90. The topological polar surface area (TPSA) is 78.0 Å². The molecule has 2 aromatic heterocycles. The van der Waals surface area contributed by atoms with Crippen LogP contribution in [0.5, 0.6) is 0 Å². The average Bonchev–Trinajstić information content (AvgIpc) is 3.21. The molecule has 0 unspecified atom stereocenters. The molecule has 7 nitrogen and oxygen atoms in total. The Morgan fingerprint density at radius 3 is 2.59 bits per heavy atom. The number of halogens is 1. The number of fused-ring (bicyclic) bond motifs is 1. The lowest BCUT2D eigenvalue weighted by atomic mass is 10.2. The Balaban J connectivity index is 2.02. The molecule has 3 rings (SSSR count). The molecule has 0 spiro atoms. The van der Waals surface area contributed by atoms with Crippen molar-refractivity contribution in [3.8, 4) is 11.3 Å². The third kappa shape index (κ3) is 5.85. The summed E-state index contributed by atoms with van der Waals surface area (Å²) >= 11 is 6.01. The van der Waals surface area contributed by atoms with Crippen molar-refractivity contribution in [3.63, 3.8) is 0 Å². The molecule has 170 valence electrons. The largest absolute Gasteiger partial charge is 0.466 e. The average molecular weight is 457 g/mol. The van der Waals surface area contributed by atoms with E-state index in [0.29, 0.717) is 41.9 Å². The van der Waals surface area contributed by atoms with Crippen LogP contribution in [0.15, 0.2) is 46.3 Å². The van der Waals surface area contributed by atoms with Gasteiger partial charge in [0, 0.05) is 35.1 Å². The maximum Gasteiger partial charge on any atom is 0.306 e. The number of unbranched alkanes of at least 4 members (excludes halogenated alkanes) is 2. The highest BCUT2D eigenvalue weighted by Gasteiger charge is 2.14. The molecule has 3 aromatic rings. The molecule has 0 aliphatic rings. The highest BCUT2D eigenvalue weighted by molar-refractivity contribution is 6.30. The van der Waals surface area contributed by atoms with Crippen LogP contribution in [-0.2, 0) is 16.1 Å². The number of carbonyl (C=O) groups excluding carboxylic acids is 1. The van der Waals surface area contributed by atoms with Crippen molar-refractivity contribution in [1.29, 1.82) is 0 Å². The first kappa shape index (κ1) is 23.7. The molecule has 0 amide bonds. The van der Waals surface area contributed by atoms with Gasteiger partial charge in [-0.3, -0.25) is 18.6 Å². The SMILES string of the molecule is CCCCCn1c(/N=C(\C)CCC(=O)OCC)cc(=O)n2cc(-c3ccc(Cl)cc3)nc12. The second-order valence-electron chi connectivity index (χ2n) is 7.65. The van der Waals surface area contributed by atoms with Gasteiger partial charge in [0.1, 0.15) is 5.82 Å². The zero-order chi connectivity index (χ0) is 23.1. The Labute approximate surface area is 192 Å². The summed E-state index contributed by atoms with van der Waals surface area (Å²) < 4.78 is 8.52. The maximum absolute atomic E-state index is 12.9. The van der Waals surface area contributed by atoms with Gasteiger partial charge in [-0.15, -0.1) is 0 Å². The van der Waals surface area contributed by atoms with Crippen LogP contribution in [0.25, 0.3) is 17.0 Å². The number of esters is 1. The number of carbonyl (C=O) groups is 1. The molecular weight excluding hydrogens is 428 g/mol. The summed E-state index contributed by atoms with van der Waals surface area (Å²) in [5.74, 6) is 0.849. The lowest BCUT2D eigenvalue weighted by Crippen LogP contribution is -2.17. The highest BCUT2D eigenvalue weighted by atomic mass is 35.5. The Kier molecular flexibility index (Phi) is 8.22. The number of hydrogen-bond donors (Lipinski definition) is 0. The van der Waals surface area contributed by atoms with Crippen molar-refractivity contribution in [2.75, 3.05) is 6.61 Å². The highest BCUT2D eigenvalue weighted by Crippen LogP contribution is 2.23. The molecule has 0 N–H and O–H groups in total. The van der Waals surface area contributed by atoms with Gasteiger partial charge in [-0.05, 0) is 38.8 Å². The van der Waals surface area contributed by atoms with Gasteiger partial charge in [0.25, 0.3) is 5.56 Å². The molecule has 0 saturated heterocycles. The van der Waals surface area contributed by atoms with Crippen molar-refractivity contribution in [1.82, 2.24) is 14.0 Å². The van der Waals surface area contributed by atoms with Crippen LogP contribution in [0, 0.1) is 0 Å². The minimum Gasteiger partial charge on any atom is -0.466 e. The molecule has 0 aliphatic heterocycles. The summed E-state index contributed by atoms with van der Waals surface area (Å²) in [5.41, 5.74) is 2.14. The second-order valence-corrected chi connectivity index (χ2v) is 8.09. The molecule has 32 heavy (non-hydrogen) atoms. The summed E-state index contributed by atoms with van der Waals surface area (Å²) in [6.07, 6.45) is 5.57. The first-order valence-corrected chi connectivity index (χ1v) is 11.4. The van der Waals surface area contributed by atoms with Crippen LogP contribution >= 0.6 is 11.6 Å². The predicted octanol–water partition coefficient (Wildman–Crippen LogP) is 5.44. The van der Waals surface area contributed by atoms with Crippen LogP contribution in [-0.4, -0.2) is 32.2 Å². The van der Waals surface area contributed by atoms with Crippen LogP contribution in [0.3, 0.4) is 0 Å². The Hall–Kier alpha value is -2.93. The molecule has 2 heterocycles. The van der Waals surface area contributed by atoms with Crippen LogP contribution in [0.1, 0.15) is 52.9 Å². The first-order chi connectivity index (χ1) is 15.4. The summed E-state index contributed by atoms with van der Waals surface area (Å²) in [6.45, 7) is 6.84. The fourth-order valence-corrected chi connectivity index (χ4v) is 3.56. The minimum atomic E-state index is -0.251. The van der Waals surface area contributed by atoms with E-state index in [9.17, 15) is 9.59 Å². The molecule has 0 radical (unpaired) electrons. The zero-order valence-corrected chi connectivity index (χ0v) is 19.6. The minimum absolute atomic E-state index is 0.198. The van der Waals surface area contributed by atoms with Crippen LogP contribution in [0.2, 0.25) is 5.02 Å². The van der Waals surface area contributed by atoms with Gasteiger partial charge < -0.3 is 4.74 Å². The summed E-state index contributed by atoms with van der Waals surface area (Å²) in [7, 11) is 0. The van der Waals surface area contributed by atoms with Gasteiger partial charge >= 0.3 is 5.97 Å². The third-order valence-corrected chi connectivity index (χ3v) is 5.37. The summed E-state index contributed by atoms with van der Waals surface area (Å²) in [4.78, 5) is 34.0. The normalized spacial score (nSPS) is 11.8. The first-order valence-electron chi connectivity index (χ1n) is 11.0. The molecule has 0 aliphatic carbocycles. The molecule has 0 bridgehead atoms. The smallest absolute Gasteiger partial charge is 0.306 e. The van der Waals surface area contributed by atoms with Crippen molar-refractivity contribution in [3.05, 3.63) is 51.9 Å². The number of aryl methyl sites for hydroxylation is 1. The van der Waals surface area contributed by atoms with Gasteiger partial charge in [0.05, 0.1) is 18.7 Å². The van der Waals surface area contributed by atoms with E-state index in [-0.39, 0.29) is 17.9 Å². The van der Waals surface area contributed by atoms with Gasteiger partial charge in [0.15, 0.2) is 0 Å². The number of aromatic nitrogens is 3. The monoisotopic (exact) mass is 456 g/mol. The standard InChI is InChI=1S/C24H29ClN4O3/c1-4-6-7-14-28-21(26-17(3)8-13-23(31)32-5-2)15-22(30)29-16-20(27-24(28)29)18-9-11-19(25)12-10-18/h9-12,15-16H,4-8,13-14H2,1-3H3/b26-17+. The Morgan fingerprint density at radius 2 is 1.91 bits per heavy atom. The fourth-order valence-electron chi connectivity index (χ4n) is 3.44. The molecule has 0 fully saturated rings. The lowest BCUT2D eigenvalue weighted by Gasteiger charge is -2.12. The molecular formula is C24H29ClN4O3. The maximum atomic E-state index is 12.9. The van der Waals surface area contributed by atoms with Crippen molar-refractivity contribution in [2.45, 2.75) is 59.4 Å². The quantitative estimate of drug-likeness (QED) is 0.231. The number of nitrogens with zero attached hydrogens (tertiary/aromatic N) is 4. The van der Waals surface area contributed by atoms with Crippen LogP contribution in [0.4, 0.5) is 5.82 Å². The van der Waals surface area contributed by atoms with E-state index in [1.165, 1.54) is 6.07 Å². The number of hydrogen-bond acceptors (Lipinski definition) is 5. The molecule has 8 heteroatoms. The van der Waals surface area contributed by atoms with E-state index in [0.717, 1.165) is 30.5 Å². The van der Waals surface area contributed by atoms with E-state index in [1.54, 1.807) is 29.7 Å². The summed E-state index contributed by atoms with van der Waals surface area (Å²) in [5, 5.41) is 0.645. The Bertz CT molecular complexity index is 1160. The number of benzene rings is 1. The fraction of sp³-hybridized carbons (Fsp3) is 0.417. The van der Waals surface area contributed by atoms with E-state index < -0.39 is 0 Å². The van der Waals surface area contributed by atoms with Crippen molar-refractivity contribution in [2.24, 2.45) is 4.99 Å². The lowest BCUT2D eigenvalue weighted by molar-refractivity contribution is -0.142. The van der Waals surface area contributed by atoms with E-state index >= 15 is 0 Å². The molecule has 0 saturated carbocycles. The van der Waals surface area contributed by atoms with E-state index in [2.05, 4.69) is 11.9 Å². The van der Waals surface area contributed by atoms with Crippen molar-refractivity contribution < 1.29 is 9.53 Å². The van der Waals surface area contributed by atoms with Gasteiger partial charge in [-0.1, -0.05) is 43.5 Å². The Morgan fingerprint density at radius 1 is 1.16 bits per heavy atom. The molecule has 0 atom stereocenters. The second kappa shape index (κ2) is 11.1. The number of imidazole rings is 1. The van der Waals surface area contributed by atoms with E-state index in [1.807, 2.05) is 23.6 Å². The zero-order valence-electron chi connectivity index (χ0n) is 18.8. The third-order valence-electron chi connectivity index (χ3n) is 5.12. The number of ether oxygens (including phenoxy) is 1. The molecule has 1 aromatic carbocycles. The van der Waals surface area contributed by atoms with Crippen LogP contribution < -0.4 is 5.56 Å². The number of aliphatic imine (C=N–C) groups is 1. The van der Waals surface area contributed by atoms with Crippen molar-refractivity contribution >= 4 is 34.9 Å². The van der Waals surface area contributed by atoms with Gasteiger partial charge in [-0.2, -0.15) is 0 Å². The van der Waals surface area contributed by atoms with Gasteiger partial charge in [0.2, 0.25) is 5.78 Å². The predicted molar refractivity (Wildman–Crippen MR) is 128 cm³/mol. The van der Waals surface area contributed by atoms with E-state index in [4.69, 9.17) is 21.3 Å².